The van der Waals surface area contributed by atoms with Gasteiger partial charge in [0.1, 0.15) is 0 Å². The molecule has 0 heterocycles. The Hall–Kier alpha value is 0.270. The molecule has 0 saturated heterocycles. The van der Waals surface area contributed by atoms with Crippen LogP contribution in [0.3, 0.4) is 0 Å². The second-order valence-electron chi connectivity index (χ2n) is 4.65. The lowest BCUT2D eigenvalue weighted by Crippen LogP contribution is -2.40. The van der Waals surface area contributed by atoms with E-state index in [0.29, 0.717) is 18.7 Å². The van der Waals surface area contributed by atoms with Gasteiger partial charge in [0, 0.05) is 23.9 Å². The molecule has 3 unspecified atom stereocenters. The number of aliphatic hydroxyl groups excluding tert-OH is 1. The quantitative estimate of drug-likeness (QED) is 0.736. The zero-order valence-electron chi connectivity index (χ0n) is 10.0. The summed E-state index contributed by atoms with van der Waals surface area (Å²) in [7, 11) is 0. The molecular formula is C12H25NOS. The first-order chi connectivity index (χ1) is 7.26. The summed E-state index contributed by atoms with van der Waals surface area (Å²) in [6.45, 7) is 2.56. The topological polar surface area (TPSA) is 32.3 Å². The molecule has 1 fully saturated rings. The molecule has 0 amide bonds. The van der Waals surface area contributed by atoms with E-state index < -0.39 is 0 Å². The maximum atomic E-state index is 8.77. The molecule has 1 rings (SSSR count). The fourth-order valence-electron chi connectivity index (χ4n) is 2.39. The second-order valence-corrected chi connectivity index (χ2v) is 5.79. The van der Waals surface area contributed by atoms with Gasteiger partial charge in [0.15, 0.2) is 0 Å². The van der Waals surface area contributed by atoms with E-state index in [2.05, 4.69) is 18.5 Å². The van der Waals surface area contributed by atoms with Crippen molar-refractivity contribution in [2.24, 2.45) is 0 Å². The van der Waals surface area contributed by atoms with Gasteiger partial charge in [0.05, 0.1) is 0 Å². The van der Waals surface area contributed by atoms with E-state index in [4.69, 9.17) is 5.11 Å². The molecule has 1 aliphatic carbocycles. The van der Waals surface area contributed by atoms with Gasteiger partial charge in [-0.2, -0.15) is 11.8 Å². The van der Waals surface area contributed by atoms with Crippen molar-refractivity contribution in [2.75, 3.05) is 12.9 Å². The van der Waals surface area contributed by atoms with Crippen LogP contribution < -0.4 is 5.32 Å². The van der Waals surface area contributed by atoms with E-state index >= 15 is 0 Å². The number of nitrogens with one attached hydrogen (secondary N) is 1. The maximum Gasteiger partial charge on any atom is 0.0431 e. The van der Waals surface area contributed by atoms with Crippen molar-refractivity contribution >= 4 is 11.8 Å². The Balaban J connectivity index is 2.19. The summed E-state index contributed by atoms with van der Waals surface area (Å²) in [5.74, 6) is 0. The summed E-state index contributed by atoms with van der Waals surface area (Å²) in [5, 5.41) is 13.3. The van der Waals surface area contributed by atoms with Crippen molar-refractivity contribution in [3.63, 3.8) is 0 Å². The summed E-state index contributed by atoms with van der Waals surface area (Å²) < 4.78 is 0. The van der Waals surface area contributed by atoms with Gasteiger partial charge in [0.2, 0.25) is 0 Å². The van der Waals surface area contributed by atoms with Gasteiger partial charge in [-0.3, -0.25) is 0 Å². The number of rotatable bonds is 6. The number of hydrogen-bond acceptors (Lipinski definition) is 3. The summed E-state index contributed by atoms with van der Waals surface area (Å²) >= 11 is 2.01. The van der Waals surface area contributed by atoms with Crippen LogP contribution in [0.4, 0.5) is 0 Å². The summed E-state index contributed by atoms with van der Waals surface area (Å²) in [4.78, 5) is 0. The molecule has 0 aliphatic heterocycles. The SMILES string of the molecule is CSC1CCCC(NC(C)CCCO)C1. The van der Waals surface area contributed by atoms with E-state index in [1.807, 2.05) is 11.8 Å². The lowest BCUT2D eigenvalue weighted by Gasteiger charge is -2.31. The monoisotopic (exact) mass is 231 g/mol. The van der Waals surface area contributed by atoms with Crippen molar-refractivity contribution in [1.82, 2.24) is 5.32 Å². The smallest absolute Gasteiger partial charge is 0.0431 e. The molecule has 1 saturated carbocycles. The average molecular weight is 231 g/mol. The highest BCUT2D eigenvalue weighted by Crippen LogP contribution is 2.27. The Bertz CT molecular complexity index is 166. The fourth-order valence-corrected chi connectivity index (χ4v) is 3.22. The van der Waals surface area contributed by atoms with Crippen LogP contribution in [0.1, 0.15) is 45.4 Å². The molecule has 2 nitrogen and oxygen atoms in total. The number of aliphatic hydroxyl groups is 1. The minimum Gasteiger partial charge on any atom is -0.396 e. The molecule has 3 atom stereocenters. The van der Waals surface area contributed by atoms with Crippen molar-refractivity contribution in [1.29, 1.82) is 0 Å². The van der Waals surface area contributed by atoms with Crippen molar-refractivity contribution in [3.8, 4) is 0 Å². The van der Waals surface area contributed by atoms with Gasteiger partial charge >= 0.3 is 0 Å². The van der Waals surface area contributed by atoms with E-state index in [1.165, 1.54) is 25.7 Å². The molecule has 90 valence electrons. The standard InChI is InChI=1S/C12H25NOS/c1-10(5-4-8-14)13-11-6-3-7-12(9-11)15-2/h10-14H,3-9H2,1-2H3. The van der Waals surface area contributed by atoms with E-state index in [1.54, 1.807) is 0 Å². The van der Waals surface area contributed by atoms with Gasteiger partial charge in [-0.05, 0) is 45.3 Å². The predicted molar refractivity (Wildman–Crippen MR) is 68.5 cm³/mol. The minimum absolute atomic E-state index is 0.324. The summed E-state index contributed by atoms with van der Waals surface area (Å²) in [6, 6.07) is 1.27. The van der Waals surface area contributed by atoms with Gasteiger partial charge in [-0.1, -0.05) is 6.42 Å². The van der Waals surface area contributed by atoms with Crippen LogP contribution in [-0.2, 0) is 0 Å². The molecule has 0 bridgehead atoms. The third-order valence-corrected chi connectivity index (χ3v) is 4.37. The van der Waals surface area contributed by atoms with Crippen molar-refractivity contribution < 1.29 is 5.11 Å². The number of hydrogen-bond donors (Lipinski definition) is 2. The highest BCUT2D eigenvalue weighted by molar-refractivity contribution is 7.99. The Kier molecular flexibility index (Phi) is 6.69. The van der Waals surface area contributed by atoms with Crippen LogP contribution in [0.15, 0.2) is 0 Å². The second kappa shape index (κ2) is 7.53. The first-order valence-corrected chi connectivity index (χ1v) is 7.44. The lowest BCUT2D eigenvalue weighted by atomic mass is 9.94. The van der Waals surface area contributed by atoms with Crippen LogP contribution >= 0.6 is 11.8 Å². The lowest BCUT2D eigenvalue weighted by molar-refractivity contribution is 0.268. The maximum absolute atomic E-state index is 8.77. The highest BCUT2D eigenvalue weighted by Gasteiger charge is 2.21. The molecule has 0 radical (unpaired) electrons. The molecule has 2 N–H and O–H groups in total. The molecule has 0 aromatic rings. The third kappa shape index (κ3) is 5.23. The molecule has 15 heavy (non-hydrogen) atoms. The predicted octanol–water partition coefficient (Wildman–Crippen LogP) is 2.41. The first kappa shape index (κ1) is 13.3. The number of thioether (sulfide) groups is 1. The molecule has 0 aromatic carbocycles. The van der Waals surface area contributed by atoms with Crippen molar-refractivity contribution in [2.45, 2.75) is 62.8 Å². The molecule has 3 heteroatoms. The molecule has 0 aromatic heterocycles. The first-order valence-electron chi connectivity index (χ1n) is 6.16. The van der Waals surface area contributed by atoms with Crippen LogP contribution in [0.2, 0.25) is 0 Å². The molecule has 1 aliphatic rings. The fraction of sp³-hybridized carbons (Fsp3) is 1.00. The zero-order valence-corrected chi connectivity index (χ0v) is 10.9. The summed E-state index contributed by atoms with van der Waals surface area (Å²) in [6.07, 6.45) is 9.66. The summed E-state index contributed by atoms with van der Waals surface area (Å²) in [5.41, 5.74) is 0. The molecular weight excluding hydrogens is 206 g/mol. The Morgan fingerprint density at radius 2 is 2.27 bits per heavy atom. The Morgan fingerprint density at radius 1 is 1.47 bits per heavy atom. The largest absolute Gasteiger partial charge is 0.396 e. The Labute approximate surface area is 98.2 Å². The normalized spacial score (nSPS) is 29.0. The van der Waals surface area contributed by atoms with E-state index in [0.717, 1.165) is 18.1 Å². The van der Waals surface area contributed by atoms with Crippen LogP contribution in [-0.4, -0.2) is 35.3 Å². The minimum atomic E-state index is 0.324. The van der Waals surface area contributed by atoms with Crippen LogP contribution in [0, 0.1) is 0 Å². The zero-order chi connectivity index (χ0) is 11.1. The van der Waals surface area contributed by atoms with Gasteiger partial charge in [-0.15, -0.1) is 0 Å². The Morgan fingerprint density at radius 3 is 2.93 bits per heavy atom. The van der Waals surface area contributed by atoms with E-state index in [-0.39, 0.29) is 0 Å². The van der Waals surface area contributed by atoms with E-state index in [9.17, 15) is 0 Å². The average Bonchev–Trinajstić information content (AvgIpc) is 2.26. The molecule has 0 spiro atoms. The van der Waals surface area contributed by atoms with Crippen LogP contribution in [0.5, 0.6) is 0 Å². The van der Waals surface area contributed by atoms with Gasteiger partial charge in [0.25, 0.3) is 0 Å². The van der Waals surface area contributed by atoms with Crippen molar-refractivity contribution in [3.05, 3.63) is 0 Å². The van der Waals surface area contributed by atoms with Crippen LogP contribution in [0.25, 0.3) is 0 Å². The third-order valence-electron chi connectivity index (χ3n) is 3.27. The highest BCUT2D eigenvalue weighted by atomic mass is 32.2. The van der Waals surface area contributed by atoms with Gasteiger partial charge < -0.3 is 10.4 Å². The van der Waals surface area contributed by atoms with Gasteiger partial charge in [-0.25, -0.2) is 0 Å².